The van der Waals surface area contributed by atoms with Gasteiger partial charge in [0, 0.05) is 26.1 Å². The smallest absolute Gasteiger partial charge is 0.185 e. The number of hydrogen-bond acceptors (Lipinski definition) is 5. The zero-order valence-electron chi connectivity index (χ0n) is 10.8. The van der Waals surface area contributed by atoms with E-state index in [1.807, 2.05) is 0 Å². The Balaban J connectivity index is 1.70. The Kier molecular flexibility index (Phi) is 3.54. The molecule has 1 saturated heterocycles. The molecule has 1 N–H and O–H groups in total. The molecule has 2 aliphatic rings. The third-order valence-electron chi connectivity index (χ3n) is 3.65. The lowest BCUT2D eigenvalue weighted by Crippen LogP contribution is -2.28. The van der Waals surface area contributed by atoms with Gasteiger partial charge in [-0.1, -0.05) is 11.3 Å². The number of hydrogen-bond donors (Lipinski definition) is 1. The molecule has 1 aromatic heterocycles. The van der Waals surface area contributed by atoms with Gasteiger partial charge in [-0.2, -0.15) is 0 Å². The van der Waals surface area contributed by atoms with Crippen LogP contribution in [0.4, 0.5) is 5.13 Å². The van der Waals surface area contributed by atoms with Gasteiger partial charge in [-0.15, -0.1) is 0 Å². The predicted octanol–water partition coefficient (Wildman–Crippen LogP) is 2.13. The number of nitrogens with zero attached hydrogens (tertiary/aromatic N) is 2. The van der Waals surface area contributed by atoms with E-state index in [1.165, 1.54) is 19.3 Å². The number of aromatic nitrogens is 1. The van der Waals surface area contributed by atoms with Crippen LogP contribution >= 0.6 is 11.3 Å². The van der Waals surface area contributed by atoms with Crippen molar-refractivity contribution in [1.82, 2.24) is 4.98 Å². The van der Waals surface area contributed by atoms with E-state index in [2.05, 4.69) is 11.9 Å². The number of likely N-dealkylation sites (N-methyl/N-ethyl adjacent to an activating group) is 1. The highest BCUT2D eigenvalue weighted by molar-refractivity contribution is 7.15. The number of aliphatic hydroxyl groups excluding tert-OH is 1. The van der Waals surface area contributed by atoms with Crippen molar-refractivity contribution in [3.8, 4) is 0 Å². The highest BCUT2D eigenvalue weighted by atomic mass is 32.1. The molecule has 1 atom stereocenters. The lowest BCUT2D eigenvalue weighted by Gasteiger charge is -2.19. The first-order valence-corrected chi connectivity index (χ1v) is 7.52. The van der Waals surface area contributed by atoms with Gasteiger partial charge in [0.1, 0.15) is 0 Å². The normalized spacial score (nSPS) is 23.6. The number of anilines is 1. The standard InChI is InChI=1S/C13H20N2O2S/c1-15(7-10-3-2-6-17-10)13-14-12(9-4-5-9)11(8-16)18-13/h9-10,16H,2-8H2,1H3. The van der Waals surface area contributed by atoms with Gasteiger partial charge in [-0.3, -0.25) is 0 Å². The summed E-state index contributed by atoms with van der Waals surface area (Å²) < 4.78 is 5.65. The lowest BCUT2D eigenvalue weighted by molar-refractivity contribution is 0.116. The van der Waals surface area contributed by atoms with Crippen molar-refractivity contribution in [3.05, 3.63) is 10.6 Å². The van der Waals surface area contributed by atoms with Crippen molar-refractivity contribution in [3.63, 3.8) is 0 Å². The van der Waals surface area contributed by atoms with Gasteiger partial charge >= 0.3 is 0 Å². The van der Waals surface area contributed by atoms with Gasteiger partial charge in [-0.25, -0.2) is 4.98 Å². The maximum Gasteiger partial charge on any atom is 0.185 e. The molecule has 4 nitrogen and oxygen atoms in total. The third kappa shape index (κ3) is 2.53. The first-order chi connectivity index (χ1) is 8.78. The van der Waals surface area contributed by atoms with E-state index >= 15 is 0 Å². The summed E-state index contributed by atoms with van der Waals surface area (Å²) in [4.78, 5) is 7.93. The van der Waals surface area contributed by atoms with Crippen LogP contribution in [0, 0.1) is 0 Å². The quantitative estimate of drug-likeness (QED) is 0.888. The molecule has 18 heavy (non-hydrogen) atoms. The highest BCUT2D eigenvalue weighted by Crippen LogP contribution is 2.44. The average Bonchev–Trinajstić information content (AvgIpc) is 2.92. The molecule has 2 fully saturated rings. The Hall–Kier alpha value is -0.650. The molecule has 1 aromatic rings. The lowest BCUT2D eigenvalue weighted by atomic mass is 10.2. The van der Waals surface area contributed by atoms with E-state index < -0.39 is 0 Å². The topological polar surface area (TPSA) is 45.6 Å². The molecule has 0 radical (unpaired) electrons. The number of ether oxygens (including phenoxy) is 1. The molecule has 3 rings (SSSR count). The summed E-state index contributed by atoms with van der Waals surface area (Å²) in [5.41, 5.74) is 1.14. The summed E-state index contributed by atoms with van der Waals surface area (Å²) >= 11 is 1.63. The summed E-state index contributed by atoms with van der Waals surface area (Å²) in [6.07, 6.45) is 5.13. The van der Waals surface area contributed by atoms with E-state index in [1.54, 1.807) is 11.3 Å². The van der Waals surface area contributed by atoms with Gasteiger partial charge < -0.3 is 14.7 Å². The van der Waals surface area contributed by atoms with E-state index in [-0.39, 0.29) is 6.61 Å². The first-order valence-electron chi connectivity index (χ1n) is 6.71. The molecule has 1 saturated carbocycles. The van der Waals surface area contributed by atoms with Gasteiger partial charge in [0.15, 0.2) is 5.13 Å². The number of thiazole rings is 1. The monoisotopic (exact) mass is 268 g/mol. The molecule has 1 unspecified atom stereocenters. The van der Waals surface area contributed by atoms with Crippen LogP contribution in [-0.4, -0.2) is 36.4 Å². The third-order valence-corrected chi connectivity index (χ3v) is 4.82. The SMILES string of the molecule is CN(CC1CCCO1)c1nc(C2CC2)c(CO)s1. The number of rotatable bonds is 5. The van der Waals surface area contributed by atoms with Gasteiger partial charge in [0.2, 0.25) is 0 Å². The predicted molar refractivity (Wildman–Crippen MR) is 72.3 cm³/mol. The first kappa shape index (κ1) is 12.4. The zero-order chi connectivity index (χ0) is 12.5. The number of aliphatic hydroxyl groups is 1. The molecule has 0 spiro atoms. The van der Waals surface area contributed by atoms with E-state index in [0.29, 0.717) is 12.0 Å². The molecule has 0 bridgehead atoms. The van der Waals surface area contributed by atoms with Gasteiger partial charge in [-0.05, 0) is 25.7 Å². The second kappa shape index (κ2) is 5.15. The summed E-state index contributed by atoms with van der Waals surface area (Å²) in [6, 6.07) is 0. The van der Waals surface area contributed by atoms with Crippen molar-refractivity contribution in [2.24, 2.45) is 0 Å². The maximum atomic E-state index is 9.40. The summed E-state index contributed by atoms with van der Waals surface area (Å²) in [6.45, 7) is 1.92. The average molecular weight is 268 g/mol. The molecular weight excluding hydrogens is 248 g/mol. The molecule has 1 aliphatic carbocycles. The Labute approximate surface area is 112 Å². The second-order valence-electron chi connectivity index (χ2n) is 5.25. The van der Waals surface area contributed by atoms with Gasteiger partial charge in [0.05, 0.1) is 23.3 Å². The van der Waals surface area contributed by atoms with Crippen LogP contribution in [-0.2, 0) is 11.3 Å². The Morgan fingerprint density at radius 2 is 2.28 bits per heavy atom. The molecule has 2 heterocycles. The highest BCUT2D eigenvalue weighted by Gasteiger charge is 2.30. The Bertz CT molecular complexity index is 411. The van der Waals surface area contributed by atoms with E-state index in [0.717, 1.165) is 35.3 Å². The van der Waals surface area contributed by atoms with E-state index in [4.69, 9.17) is 9.72 Å². The van der Waals surface area contributed by atoms with Crippen molar-refractivity contribution in [1.29, 1.82) is 0 Å². The second-order valence-corrected chi connectivity index (χ2v) is 6.31. The fraction of sp³-hybridized carbons (Fsp3) is 0.769. The molecule has 100 valence electrons. The minimum absolute atomic E-state index is 0.122. The Morgan fingerprint density at radius 3 is 2.89 bits per heavy atom. The van der Waals surface area contributed by atoms with Crippen molar-refractivity contribution in [2.75, 3.05) is 25.1 Å². The fourth-order valence-corrected chi connectivity index (χ4v) is 3.45. The van der Waals surface area contributed by atoms with Crippen LogP contribution in [0.5, 0.6) is 0 Å². The molecule has 0 amide bonds. The molecule has 0 aromatic carbocycles. The summed E-state index contributed by atoms with van der Waals surface area (Å²) in [7, 11) is 2.07. The zero-order valence-corrected chi connectivity index (χ0v) is 11.6. The largest absolute Gasteiger partial charge is 0.391 e. The fourth-order valence-electron chi connectivity index (χ4n) is 2.47. The minimum Gasteiger partial charge on any atom is -0.391 e. The Morgan fingerprint density at radius 1 is 1.44 bits per heavy atom. The van der Waals surface area contributed by atoms with Crippen LogP contribution in [0.2, 0.25) is 0 Å². The van der Waals surface area contributed by atoms with Crippen molar-refractivity contribution >= 4 is 16.5 Å². The summed E-state index contributed by atoms with van der Waals surface area (Å²) in [5.74, 6) is 0.605. The van der Waals surface area contributed by atoms with E-state index in [9.17, 15) is 5.11 Å². The molecule has 1 aliphatic heterocycles. The van der Waals surface area contributed by atoms with Crippen LogP contribution < -0.4 is 4.90 Å². The molecule has 5 heteroatoms. The van der Waals surface area contributed by atoms with Crippen LogP contribution in [0.1, 0.15) is 42.2 Å². The van der Waals surface area contributed by atoms with Crippen LogP contribution in [0.25, 0.3) is 0 Å². The molecular formula is C13H20N2O2S. The summed E-state index contributed by atoms with van der Waals surface area (Å²) in [5, 5.41) is 10.4. The van der Waals surface area contributed by atoms with Crippen molar-refractivity contribution in [2.45, 2.75) is 44.3 Å². The van der Waals surface area contributed by atoms with Crippen LogP contribution in [0.15, 0.2) is 0 Å². The maximum absolute atomic E-state index is 9.40. The van der Waals surface area contributed by atoms with Crippen LogP contribution in [0.3, 0.4) is 0 Å². The van der Waals surface area contributed by atoms with Crippen molar-refractivity contribution < 1.29 is 9.84 Å². The minimum atomic E-state index is 0.122. The van der Waals surface area contributed by atoms with Gasteiger partial charge in [0.25, 0.3) is 0 Å².